The van der Waals surface area contributed by atoms with Crippen LogP contribution in [-0.4, -0.2) is 65.3 Å². The van der Waals surface area contributed by atoms with Gasteiger partial charge in [-0.05, 0) is 12.0 Å². The smallest absolute Gasteiger partial charge is 0.269 e. The average molecular weight is 344 g/mol. The Balaban J connectivity index is 2.12. The topological polar surface area (TPSA) is 121 Å². The van der Waals surface area contributed by atoms with E-state index in [1.807, 2.05) is 4.90 Å². The standard InChI is InChI=1S/C14H20N2O6S/c17-9-14(18)8-15(13-5-6-23(21,22)10-13)7-11-1-3-12(4-2-11)16(19)20/h1-4,13-14,17-18H,5-10H2/t13-,14-/m0/s1. The molecule has 2 atom stereocenters. The van der Waals surface area contributed by atoms with E-state index in [0.717, 1.165) is 5.56 Å². The fraction of sp³-hybridized carbons (Fsp3) is 0.571. The molecule has 1 fully saturated rings. The molecule has 0 saturated carbocycles. The first-order chi connectivity index (χ1) is 10.8. The van der Waals surface area contributed by atoms with Crippen molar-refractivity contribution in [3.63, 3.8) is 0 Å². The van der Waals surface area contributed by atoms with E-state index in [0.29, 0.717) is 13.0 Å². The third-order valence-corrected chi connectivity index (χ3v) is 5.66. The van der Waals surface area contributed by atoms with Crippen LogP contribution in [0.4, 0.5) is 5.69 Å². The molecule has 0 bridgehead atoms. The summed E-state index contributed by atoms with van der Waals surface area (Å²) in [6.45, 7) is 0.0964. The number of aliphatic hydroxyl groups is 2. The molecule has 9 heteroatoms. The fourth-order valence-electron chi connectivity index (χ4n) is 2.69. The number of hydrogen-bond acceptors (Lipinski definition) is 7. The van der Waals surface area contributed by atoms with E-state index in [1.54, 1.807) is 12.1 Å². The molecule has 0 spiro atoms. The van der Waals surface area contributed by atoms with Gasteiger partial charge in [0, 0.05) is 31.3 Å². The zero-order valence-electron chi connectivity index (χ0n) is 12.5. The van der Waals surface area contributed by atoms with Crippen molar-refractivity contribution < 1.29 is 23.6 Å². The first-order valence-electron chi connectivity index (χ1n) is 7.27. The van der Waals surface area contributed by atoms with Crippen molar-refractivity contribution in [3.8, 4) is 0 Å². The fourth-order valence-corrected chi connectivity index (χ4v) is 4.45. The Morgan fingerprint density at radius 3 is 2.48 bits per heavy atom. The predicted octanol–water partition coefficient (Wildman–Crippen LogP) is -0.0629. The molecule has 0 unspecified atom stereocenters. The van der Waals surface area contributed by atoms with Crippen LogP contribution in [0.2, 0.25) is 0 Å². The summed E-state index contributed by atoms with van der Waals surface area (Å²) in [5.74, 6) is 0.141. The molecule has 1 aromatic rings. The van der Waals surface area contributed by atoms with Gasteiger partial charge < -0.3 is 10.2 Å². The predicted molar refractivity (Wildman–Crippen MR) is 83.7 cm³/mol. The monoisotopic (exact) mass is 344 g/mol. The first-order valence-corrected chi connectivity index (χ1v) is 9.09. The van der Waals surface area contributed by atoms with E-state index in [1.165, 1.54) is 12.1 Å². The normalized spacial score (nSPS) is 21.4. The number of nitro groups is 1. The summed E-state index contributed by atoms with van der Waals surface area (Å²) < 4.78 is 23.3. The molecule has 128 valence electrons. The lowest BCUT2D eigenvalue weighted by Crippen LogP contribution is -2.41. The van der Waals surface area contributed by atoms with Crippen molar-refractivity contribution in [2.75, 3.05) is 24.7 Å². The van der Waals surface area contributed by atoms with E-state index < -0.39 is 27.5 Å². The summed E-state index contributed by atoms with van der Waals surface area (Å²) in [5, 5.41) is 29.4. The average Bonchev–Trinajstić information content (AvgIpc) is 2.87. The molecule has 0 aromatic heterocycles. The molecule has 1 aliphatic heterocycles. The van der Waals surface area contributed by atoms with Gasteiger partial charge in [0.25, 0.3) is 5.69 Å². The van der Waals surface area contributed by atoms with Crippen molar-refractivity contribution in [2.45, 2.75) is 25.1 Å². The molecule has 0 radical (unpaired) electrons. The van der Waals surface area contributed by atoms with E-state index in [9.17, 15) is 23.6 Å². The number of benzene rings is 1. The van der Waals surface area contributed by atoms with Crippen LogP contribution in [0.15, 0.2) is 24.3 Å². The second kappa shape index (κ2) is 7.35. The maximum absolute atomic E-state index is 11.7. The van der Waals surface area contributed by atoms with Gasteiger partial charge in [-0.15, -0.1) is 0 Å². The molecule has 1 aliphatic rings. The number of sulfone groups is 1. The Labute approximate surface area is 134 Å². The minimum absolute atomic E-state index is 0.0147. The van der Waals surface area contributed by atoms with Crippen LogP contribution in [0, 0.1) is 10.1 Å². The van der Waals surface area contributed by atoms with Crippen LogP contribution < -0.4 is 0 Å². The van der Waals surface area contributed by atoms with E-state index in [-0.39, 0.29) is 29.8 Å². The second-order valence-corrected chi connectivity index (χ2v) is 7.97. The summed E-state index contributed by atoms with van der Waals surface area (Å²) in [7, 11) is -3.07. The van der Waals surface area contributed by atoms with Gasteiger partial charge in [0.2, 0.25) is 0 Å². The van der Waals surface area contributed by atoms with E-state index in [2.05, 4.69) is 0 Å². The molecule has 1 saturated heterocycles. The van der Waals surface area contributed by atoms with Crippen LogP contribution in [0.3, 0.4) is 0 Å². The van der Waals surface area contributed by atoms with Gasteiger partial charge in [-0.2, -0.15) is 0 Å². The summed E-state index contributed by atoms with van der Waals surface area (Å²) in [6.07, 6.45) is -0.482. The highest BCUT2D eigenvalue weighted by Gasteiger charge is 2.33. The molecular weight excluding hydrogens is 324 g/mol. The van der Waals surface area contributed by atoms with Gasteiger partial charge in [-0.1, -0.05) is 12.1 Å². The Morgan fingerprint density at radius 1 is 1.35 bits per heavy atom. The van der Waals surface area contributed by atoms with Crippen LogP contribution >= 0.6 is 0 Å². The van der Waals surface area contributed by atoms with Gasteiger partial charge >= 0.3 is 0 Å². The Morgan fingerprint density at radius 2 is 2.00 bits per heavy atom. The van der Waals surface area contributed by atoms with Gasteiger partial charge in [0.1, 0.15) is 0 Å². The van der Waals surface area contributed by atoms with Crippen LogP contribution in [0.1, 0.15) is 12.0 Å². The molecule has 23 heavy (non-hydrogen) atoms. The number of hydrogen-bond donors (Lipinski definition) is 2. The van der Waals surface area contributed by atoms with Gasteiger partial charge in [0.05, 0.1) is 29.1 Å². The lowest BCUT2D eigenvalue weighted by atomic mass is 10.1. The maximum Gasteiger partial charge on any atom is 0.269 e. The number of non-ortho nitro benzene ring substituents is 1. The van der Waals surface area contributed by atoms with Crippen molar-refractivity contribution >= 4 is 15.5 Å². The highest BCUT2D eigenvalue weighted by atomic mass is 32.2. The van der Waals surface area contributed by atoms with Gasteiger partial charge in [-0.25, -0.2) is 8.42 Å². The number of rotatable bonds is 7. The quantitative estimate of drug-likeness (QED) is 0.525. The van der Waals surface area contributed by atoms with Crippen molar-refractivity contribution in [1.29, 1.82) is 0 Å². The Hall–Kier alpha value is -1.55. The lowest BCUT2D eigenvalue weighted by Gasteiger charge is -2.29. The SMILES string of the molecule is O=[N+]([O-])c1ccc(CN(C[C@H](O)CO)[C@H]2CCS(=O)(=O)C2)cc1. The van der Waals surface area contributed by atoms with E-state index in [4.69, 9.17) is 5.11 Å². The summed E-state index contributed by atoms with van der Waals surface area (Å²) in [6, 6.07) is 5.78. The van der Waals surface area contributed by atoms with Crippen LogP contribution in [0.5, 0.6) is 0 Å². The third kappa shape index (κ3) is 4.96. The van der Waals surface area contributed by atoms with Crippen molar-refractivity contribution in [2.24, 2.45) is 0 Å². The van der Waals surface area contributed by atoms with Crippen molar-refractivity contribution in [3.05, 3.63) is 39.9 Å². The zero-order chi connectivity index (χ0) is 17.0. The Bertz CT molecular complexity index is 646. The largest absolute Gasteiger partial charge is 0.394 e. The summed E-state index contributed by atoms with van der Waals surface area (Å²) in [5.41, 5.74) is 0.768. The van der Waals surface area contributed by atoms with Gasteiger partial charge in [0.15, 0.2) is 9.84 Å². The molecule has 8 nitrogen and oxygen atoms in total. The highest BCUT2D eigenvalue weighted by Crippen LogP contribution is 2.21. The molecular formula is C14H20N2O6S. The zero-order valence-corrected chi connectivity index (χ0v) is 13.4. The second-order valence-electron chi connectivity index (χ2n) is 5.75. The number of nitrogens with zero attached hydrogens (tertiary/aromatic N) is 2. The molecule has 1 aromatic carbocycles. The maximum atomic E-state index is 11.7. The summed E-state index contributed by atoms with van der Waals surface area (Å²) >= 11 is 0. The number of aliphatic hydroxyl groups excluding tert-OH is 2. The highest BCUT2D eigenvalue weighted by molar-refractivity contribution is 7.91. The van der Waals surface area contributed by atoms with Crippen molar-refractivity contribution in [1.82, 2.24) is 4.90 Å². The minimum Gasteiger partial charge on any atom is -0.394 e. The van der Waals surface area contributed by atoms with E-state index >= 15 is 0 Å². The Kier molecular flexibility index (Phi) is 5.69. The van der Waals surface area contributed by atoms with Gasteiger partial charge in [-0.3, -0.25) is 15.0 Å². The molecule has 0 amide bonds. The molecule has 2 rings (SSSR count). The molecule has 2 N–H and O–H groups in total. The van der Waals surface area contributed by atoms with Crippen LogP contribution in [-0.2, 0) is 16.4 Å². The summed E-state index contributed by atoms with van der Waals surface area (Å²) in [4.78, 5) is 12.0. The third-order valence-electron chi connectivity index (χ3n) is 3.91. The molecule has 0 aliphatic carbocycles. The van der Waals surface area contributed by atoms with Crippen LogP contribution in [0.25, 0.3) is 0 Å². The molecule has 1 heterocycles. The number of nitro benzene ring substituents is 1. The minimum atomic E-state index is -3.07. The lowest BCUT2D eigenvalue weighted by molar-refractivity contribution is -0.384. The first kappa shape index (κ1) is 17.8.